The summed E-state index contributed by atoms with van der Waals surface area (Å²) in [7, 11) is 1.64. The molecule has 0 atom stereocenters. The van der Waals surface area contributed by atoms with Crippen molar-refractivity contribution in [1.82, 2.24) is 5.32 Å². The number of methoxy groups -OCH3 is 1. The summed E-state index contributed by atoms with van der Waals surface area (Å²) in [5.74, 6) is 5.21. The van der Waals surface area contributed by atoms with E-state index in [1.54, 1.807) is 13.2 Å². The smallest absolute Gasteiger partial charge is 0.262 e. The van der Waals surface area contributed by atoms with Gasteiger partial charge < -0.3 is 19.9 Å². The topological polar surface area (TPSA) is 67.8 Å². The zero-order valence-corrected chi connectivity index (χ0v) is 13.0. The van der Waals surface area contributed by atoms with E-state index in [-0.39, 0.29) is 12.5 Å². The predicted octanol–water partition coefficient (Wildman–Crippen LogP) is 1.26. The number of thiophene rings is 1. The third-order valence-electron chi connectivity index (χ3n) is 2.61. The van der Waals surface area contributed by atoms with E-state index in [0.717, 1.165) is 12.8 Å². The summed E-state index contributed by atoms with van der Waals surface area (Å²) in [6.45, 7) is 2.28. The number of carbonyl (C=O) groups is 1. The Balaban J connectivity index is 2.21. The highest BCUT2D eigenvalue weighted by molar-refractivity contribution is 7.12. The number of unbranched alkanes of at least 4 members (excludes halogenated alkanes) is 1. The molecule has 1 amide bonds. The average Bonchev–Trinajstić information content (AvgIpc) is 2.96. The zero-order valence-electron chi connectivity index (χ0n) is 12.2. The van der Waals surface area contributed by atoms with Gasteiger partial charge in [0.15, 0.2) is 0 Å². The number of hydrogen-bond acceptors (Lipinski definition) is 5. The first-order valence-corrected chi connectivity index (χ1v) is 7.69. The van der Waals surface area contributed by atoms with Gasteiger partial charge in [0.25, 0.3) is 5.91 Å². The molecule has 5 nitrogen and oxygen atoms in total. The van der Waals surface area contributed by atoms with Crippen molar-refractivity contribution in [2.45, 2.75) is 12.8 Å². The van der Waals surface area contributed by atoms with Gasteiger partial charge in [0.1, 0.15) is 11.5 Å². The van der Waals surface area contributed by atoms with E-state index in [2.05, 4.69) is 17.2 Å². The molecule has 0 spiro atoms. The van der Waals surface area contributed by atoms with Crippen molar-refractivity contribution < 1.29 is 19.4 Å². The highest BCUT2D eigenvalue weighted by atomic mass is 32.1. The number of carbonyl (C=O) groups excluding carboxylic acids is 1. The summed E-state index contributed by atoms with van der Waals surface area (Å²) in [6.07, 6.45) is 1.76. The fourth-order valence-electron chi connectivity index (χ4n) is 1.57. The quantitative estimate of drug-likeness (QED) is 0.532. The Labute approximate surface area is 129 Å². The van der Waals surface area contributed by atoms with Crippen LogP contribution in [0.2, 0.25) is 0 Å². The third kappa shape index (κ3) is 7.25. The monoisotopic (exact) mass is 311 g/mol. The lowest BCUT2D eigenvalue weighted by Crippen LogP contribution is -2.24. The van der Waals surface area contributed by atoms with Gasteiger partial charge in [0.2, 0.25) is 0 Å². The van der Waals surface area contributed by atoms with Crippen molar-refractivity contribution in [3.05, 3.63) is 21.9 Å². The Morgan fingerprint density at radius 1 is 1.38 bits per heavy atom. The highest BCUT2D eigenvalue weighted by Gasteiger charge is 2.10. The minimum absolute atomic E-state index is 0.118. The first-order valence-electron chi connectivity index (χ1n) is 6.81. The van der Waals surface area contributed by atoms with E-state index in [9.17, 15) is 4.79 Å². The van der Waals surface area contributed by atoms with E-state index in [1.807, 2.05) is 5.38 Å². The van der Waals surface area contributed by atoms with E-state index < -0.39 is 0 Å². The minimum atomic E-state index is -0.208. The van der Waals surface area contributed by atoms with Gasteiger partial charge >= 0.3 is 0 Å². The van der Waals surface area contributed by atoms with Crippen LogP contribution < -0.4 is 5.32 Å². The number of aliphatic hydroxyl groups excluding tert-OH is 1. The largest absolute Gasteiger partial charge is 0.384 e. The predicted molar refractivity (Wildman–Crippen MR) is 82.5 cm³/mol. The molecule has 0 saturated heterocycles. The lowest BCUT2D eigenvalue weighted by atomic mass is 10.2. The summed E-state index contributed by atoms with van der Waals surface area (Å²) < 4.78 is 10.2. The molecule has 0 bridgehead atoms. The molecule has 1 heterocycles. The van der Waals surface area contributed by atoms with Gasteiger partial charge in [0, 0.05) is 25.8 Å². The van der Waals surface area contributed by atoms with Crippen LogP contribution in [0.5, 0.6) is 0 Å². The summed E-state index contributed by atoms with van der Waals surface area (Å²) in [6, 6.07) is 1.78. The Hall–Kier alpha value is -1.39. The Kier molecular flexibility index (Phi) is 9.49. The lowest BCUT2D eigenvalue weighted by molar-refractivity contribution is 0.0686. The second-order valence-corrected chi connectivity index (χ2v) is 5.11. The van der Waals surface area contributed by atoms with E-state index in [0.29, 0.717) is 36.8 Å². The molecule has 1 rings (SSSR count). The van der Waals surface area contributed by atoms with Crippen molar-refractivity contribution in [3.8, 4) is 11.8 Å². The SMILES string of the molecule is COCCOCCCCNC(=O)c1sccc1C#CCO. The molecule has 0 radical (unpaired) electrons. The van der Waals surface area contributed by atoms with Crippen molar-refractivity contribution in [3.63, 3.8) is 0 Å². The Morgan fingerprint density at radius 3 is 3.00 bits per heavy atom. The number of ether oxygens (including phenoxy) is 2. The van der Waals surface area contributed by atoms with Crippen LogP contribution >= 0.6 is 11.3 Å². The van der Waals surface area contributed by atoms with Gasteiger partial charge in [-0.25, -0.2) is 0 Å². The molecule has 0 aliphatic heterocycles. The van der Waals surface area contributed by atoms with Gasteiger partial charge in [-0.2, -0.15) is 0 Å². The molecular weight excluding hydrogens is 290 g/mol. The molecule has 1 aromatic heterocycles. The van der Waals surface area contributed by atoms with Gasteiger partial charge in [-0.3, -0.25) is 4.79 Å². The average molecular weight is 311 g/mol. The van der Waals surface area contributed by atoms with Crippen LogP contribution in [0.3, 0.4) is 0 Å². The number of amides is 1. The number of aliphatic hydroxyl groups is 1. The van der Waals surface area contributed by atoms with Gasteiger partial charge in [-0.1, -0.05) is 11.8 Å². The summed E-state index contributed by atoms with van der Waals surface area (Å²) in [5, 5.41) is 13.4. The molecular formula is C15H21NO4S. The Bertz CT molecular complexity index is 476. The minimum Gasteiger partial charge on any atom is -0.384 e. The number of nitrogens with one attached hydrogen (secondary N) is 1. The number of rotatable bonds is 9. The number of hydrogen-bond donors (Lipinski definition) is 2. The summed E-state index contributed by atoms with van der Waals surface area (Å²) >= 11 is 1.35. The standard InChI is InChI=1S/C15H21NO4S/c1-19-10-11-20-9-3-2-7-16-15(18)14-13(5-4-8-17)6-12-21-14/h6,12,17H,2-3,7-11H2,1H3,(H,16,18). The first-order chi connectivity index (χ1) is 10.3. The van der Waals surface area contributed by atoms with Crippen LogP contribution in [0.1, 0.15) is 28.1 Å². The summed E-state index contributed by atoms with van der Waals surface area (Å²) in [5.41, 5.74) is 0.662. The molecule has 0 saturated carbocycles. The van der Waals surface area contributed by atoms with Crippen LogP contribution in [0, 0.1) is 11.8 Å². The maximum absolute atomic E-state index is 12.0. The van der Waals surface area contributed by atoms with E-state index in [1.165, 1.54) is 11.3 Å². The zero-order chi connectivity index (χ0) is 15.3. The summed E-state index contributed by atoms with van der Waals surface area (Å²) in [4.78, 5) is 12.6. The van der Waals surface area contributed by atoms with Crippen molar-refractivity contribution in [2.24, 2.45) is 0 Å². The van der Waals surface area contributed by atoms with Gasteiger partial charge in [-0.05, 0) is 24.3 Å². The van der Waals surface area contributed by atoms with Crippen LogP contribution in [0.15, 0.2) is 11.4 Å². The molecule has 0 fully saturated rings. The third-order valence-corrected chi connectivity index (χ3v) is 3.52. The van der Waals surface area contributed by atoms with E-state index >= 15 is 0 Å². The molecule has 0 aromatic carbocycles. The highest BCUT2D eigenvalue weighted by Crippen LogP contribution is 2.15. The van der Waals surface area contributed by atoms with Gasteiger partial charge in [-0.15, -0.1) is 11.3 Å². The van der Waals surface area contributed by atoms with E-state index in [4.69, 9.17) is 14.6 Å². The molecule has 0 aliphatic rings. The maximum atomic E-state index is 12.0. The second kappa shape index (κ2) is 11.3. The maximum Gasteiger partial charge on any atom is 0.262 e. The molecule has 0 unspecified atom stereocenters. The van der Waals surface area contributed by atoms with Crippen LogP contribution in [-0.4, -0.2) is 51.1 Å². The van der Waals surface area contributed by atoms with Gasteiger partial charge in [0.05, 0.1) is 13.2 Å². The molecule has 116 valence electrons. The van der Waals surface area contributed by atoms with Crippen molar-refractivity contribution in [1.29, 1.82) is 0 Å². The Morgan fingerprint density at radius 2 is 2.24 bits per heavy atom. The molecule has 1 aromatic rings. The molecule has 2 N–H and O–H groups in total. The normalized spacial score (nSPS) is 10.0. The van der Waals surface area contributed by atoms with Crippen LogP contribution in [-0.2, 0) is 9.47 Å². The lowest BCUT2D eigenvalue weighted by Gasteiger charge is -2.05. The molecule has 6 heteroatoms. The first kappa shape index (κ1) is 17.7. The second-order valence-electron chi connectivity index (χ2n) is 4.19. The van der Waals surface area contributed by atoms with Crippen LogP contribution in [0.25, 0.3) is 0 Å². The van der Waals surface area contributed by atoms with Crippen molar-refractivity contribution >= 4 is 17.2 Å². The van der Waals surface area contributed by atoms with Crippen LogP contribution in [0.4, 0.5) is 0 Å². The van der Waals surface area contributed by atoms with Crippen molar-refractivity contribution in [2.75, 3.05) is 40.1 Å². The molecule has 0 aliphatic carbocycles. The molecule has 21 heavy (non-hydrogen) atoms. The fourth-order valence-corrected chi connectivity index (χ4v) is 2.34. The fraction of sp³-hybridized carbons (Fsp3) is 0.533.